The van der Waals surface area contributed by atoms with Crippen LogP contribution in [-0.2, 0) is 45.4 Å². The SMILES string of the molecule is NC1C(N)C(OCc2ccccc2)C(OCc2ccccc2)C(OCc2ccccc2)C1OCc1ccccc1. The van der Waals surface area contributed by atoms with Crippen molar-refractivity contribution in [1.29, 1.82) is 0 Å². The Balaban J connectivity index is 1.42. The van der Waals surface area contributed by atoms with E-state index in [-0.39, 0.29) is 0 Å². The number of hydrogen-bond acceptors (Lipinski definition) is 6. The fourth-order valence-corrected chi connectivity index (χ4v) is 5.11. The molecule has 6 nitrogen and oxygen atoms in total. The first-order valence-electron chi connectivity index (χ1n) is 13.8. The first-order chi connectivity index (χ1) is 19.7. The maximum absolute atomic E-state index is 6.81. The molecule has 6 unspecified atom stereocenters. The van der Waals surface area contributed by atoms with Crippen LogP contribution < -0.4 is 11.5 Å². The second kappa shape index (κ2) is 14.3. The molecule has 4 aromatic rings. The summed E-state index contributed by atoms with van der Waals surface area (Å²) in [5.41, 5.74) is 17.8. The first-order valence-corrected chi connectivity index (χ1v) is 13.8. The minimum Gasteiger partial charge on any atom is -0.369 e. The summed E-state index contributed by atoms with van der Waals surface area (Å²) in [5.74, 6) is 0. The zero-order valence-electron chi connectivity index (χ0n) is 22.6. The molecule has 0 aliphatic heterocycles. The molecule has 208 valence electrons. The van der Waals surface area contributed by atoms with E-state index in [1.807, 2.05) is 121 Å². The van der Waals surface area contributed by atoms with Gasteiger partial charge in [0.2, 0.25) is 0 Å². The van der Waals surface area contributed by atoms with Gasteiger partial charge in [0.1, 0.15) is 24.4 Å². The predicted octanol–water partition coefficient (Wildman–Crippen LogP) is 5.00. The molecule has 0 saturated heterocycles. The normalized spacial score (nSPS) is 24.6. The minimum absolute atomic E-state index is 0.384. The average Bonchev–Trinajstić information content (AvgIpc) is 3.01. The van der Waals surface area contributed by atoms with E-state index >= 15 is 0 Å². The molecule has 0 spiro atoms. The number of benzene rings is 4. The van der Waals surface area contributed by atoms with Crippen LogP contribution in [0.5, 0.6) is 0 Å². The second-order valence-corrected chi connectivity index (χ2v) is 10.2. The molecular weight excluding hydrogens is 500 g/mol. The summed E-state index contributed by atoms with van der Waals surface area (Å²) >= 11 is 0. The van der Waals surface area contributed by atoms with Crippen LogP contribution in [-0.4, -0.2) is 36.5 Å². The quantitative estimate of drug-likeness (QED) is 0.264. The Hall–Kier alpha value is -3.36. The largest absolute Gasteiger partial charge is 0.369 e. The van der Waals surface area contributed by atoms with Gasteiger partial charge in [-0.1, -0.05) is 121 Å². The summed E-state index contributed by atoms with van der Waals surface area (Å²) in [7, 11) is 0. The molecule has 0 amide bonds. The van der Waals surface area contributed by atoms with Crippen LogP contribution in [0, 0.1) is 0 Å². The highest BCUT2D eigenvalue weighted by Crippen LogP contribution is 2.31. The molecule has 4 N–H and O–H groups in total. The highest BCUT2D eigenvalue weighted by Gasteiger charge is 2.51. The van der Waals surface area contributed by atoms with E-state index in [0.29, 0.717) is 26.4 Å². The van der Waals surface area contributed by atoms with Gasteiger partial charge < -0.3 is 30.4 Å². The van der Waals surface area contributed by atoms with Crippen LogP contribution >= 0.6 is 0 Å². The van der Waals surface area contributed by atoms with E-state index in [4.69, 9.17) is 30.4 Å². The number of rotatable bonds is 12. The monoisotopic (exact) mass is 538 g/mol. The summed E-state index contributed by atoms with van der Waals surface area (Å²) in [4.78, 5) is 0. The van der Waals surface area contributed by atoms with E-state index < -0.39 is 36.5 Å². The lowest BCUT2D eigenvalue weighted by Gasteiger charge is -2.48. The van der Waals surface area contributed by atoms with Gasteiger partial charge in [-0.15, -0.1) is 0 Å². The molecule has 1 aliphatic carbocycles. The van der Waals surface area contributed by atoms with Crippen LogP contribution in [0.3, 0.4) is 0 Å². The molecule has 0 radical (unpaired) electrons. The molecule has 6 heteroatoms. The van der Waals surface area contributed by atoms with Gasteiger partial charge in [0, 0.05) is 0 Å². The van der Waals surface area contributed by atoms with E-state index in [2.05, 4.69) is 0 Å². The van der Waals surface area contributed by atoms with Gasteiger partial charge in [0.25, 0.3) is 0 Å². The summed E-state index contributed by atoms with van der Waals surface area (Å²) < 4.78 is 26.2. The van der Waals surface area contributed by atoms with Crippen molar-refractivity contribution in [3.8, 4) is 0 Å². The van der Waals surface area contributed by atoms with Gasteiger partial charge in [-0.05, 0) is 22.3 Å². The van der Waals surface area contributed by atoms with E-state index in [1.54, 1.807) is 0 Å². The molecule has 0 aromatic heterocycles. The molecule has 0 bridgehead atoms. The van der Waals surface area contributed by atoms with Crippen LogP contribution in [0.2, 0.25) is 0 Å². The molecule has 1 saturated carbocycles. The smallest absolute Gasteiger partial charge is 0.114 e. The highest BCUT2D eigenvalue weighted by atomic mass is 16.6. The summed E-state index contributed by atoms with van der Waals surface area (Å²) in [5, 5.41) is 0. The zero-order valence-corrected chi connectivity index (χ0v) is 22.6. The summed E-state index contributed by atoms with van der Waals surface area (Å²) in [6, 6.07) is 39.2. The molecule has 0 heterocycles. The van der Waals surface area contributed by atoms with Crippen LogP contribution in [0.1, 0.15) is 22.3 Å². The third kappa shape index (κ3) is 7.43. The number of ether oxygens (including phenoxy) is 4. The Morgan fingerprint density at radius 1 is 0.350 bits per heavy atom. The molecule has 1 aliphatic rings. The van der Waals surface area contributed by atoms with Crippen molar-refractivity contribution in [3.63, 3.8) is 0 Å². The van der Waals surface area contributed by atoms with Crippen molar-refractivity contribution in [2.75, 3.05) is 0 Å². The fourth-order valence-electron chi connectivity index (χ4n) is 5.11. The van der Waals surface area contributed by atoms with Gasteiger partial charge in [0.05, 0.1) is 38.5 Å². The molecule has 6 atom stereocenters. The average molecular weight is 539 g/mol. The minimum atomic E-state index is -0.526. The van der Waals surface area contributed by atoms with Crippen LogP contribution in [0.25, 0.3) is 0 Å². The van der Waals surface area contributed by atoms with Crippen molar-refractivity contribution < 1.29 is 18.9 Å². The fraction of sp³-hybridized carbons (Fsp3) is 0.294. The number of nitrogens with two attached hydrogens (primary N) is 2. The Morgan fingerprint density at radius 3 is 0.825 bits per heavy atom. The maximum Gasteiger partial charge on any atom is 0.114 e. The lowest BCUT2D eigenvalue weighted by atomic mass is 9.81. The topological polar surface area (TPSA) is 89.0 Å². The van der Waals surface area contributed by atoms with Gasteiger partial charge in [0.15, 0.2) is 0 Å². The number of hydrogen-bond donors (Lipinski definition) is 2. The van der Waals surface area contributed by atoms with E-state index in [9.17, 15) is 0 Å². The van der Waals surface area contributed by atoms with Crippen molar-refractivity contribution >= 4 is 0 Å². The molecule has 4 aromatic carbocycles. The molecule has 5 rings (SSSR count). The van der Waals surface area contributed by atoms with Crippen molar-refractivity contribution in [1.82, 2.24) is 0 Å². The van der Waals surface area contributed by atoms with Crippen LogP contribution in [0.4, 0.5) is 0 Å². The van der Waals surface area contributed by atoms with Gasteiger partial charge in [-0.3, -0.25) is 0 Å². The summed E-state index contributed by atoms with van der Waals surface area (Å²) in [6.07, 6.45) is -2.03. The Morgan fingerprint density at radius 2 is 0.575 bits per heavy atom. The summed E-state index contributed by atoms with van der Waals surface area (Å²) in [6.45, 7) is 1.54. The third-order valence-corrected chi connectivity index (χ3v) is 7.32. The van der Waals surface area contributed by atoms with Crippen LogP contribution in [0.15, 0.2) is 121 Å². The lowest BCUT2D eigenvalue weighted by Crippen LogP contribution is -2.71. The van der Waals surface area contributed by atoms with Crippen molar-refractivity contribution in [2.45, 2.75) is 62.9 Å². The zero-order chi connectivity index (χ0) is 27.6. The van der Waals surface area contributed by atoms with Gasteiger partial charge >= 0.3 is 0 Å². The third-order valence-electron chi connectivity index (χ3n) is 7.32. The predicted molar refractivity (Wildman–Crippen MR) is 156 cm³/mol. The van der Waals surface area contributed by atoms with Crippen molar-refractivity contribution in [3.05, 3.63) is 144 Å². The van der Waals surface area contributed by atoms with E-state index in [1.165, 1.54) is 0 Å². The molecule has 1 fully saturated rings. The first kappa shape index (κ1) is 28.2. The second-order valence-electron chi connectivity index (χ2n) is 10.2. The Bertz CT molecular complexity index is 1160. The lowest BCUT2D eigenvalue weighted by molar-refractivity contribution is -0.223. The standard InChI is InChI=1S/C34H38N2O4/c35-29-30(36)32(38-22-26-15-7-2-8-16-26)34(40-24-28-19-11-4-12-20-28)33(39-23-27-17-9-3-10-18-27)31(29)37-21-25-13-5-1-6-14-25/h1-20,29-34H,21-24,35-36H2. The van der Waals surface area contributed by atoms with Crippen molar-refractivity contribution in [2.24, 2.45) is 11.5 Å². The highest BCUT2D eigenvalue weighted by molar-refractivity contribution is 5.17. The van der Waals surface area contributed by atoms with E-state index in [0.717, 1.165) is 22.3 Å². The van der Waals surface area contributed by atoms with Gasteiger partial charge in [-0.2, -0.15) is 0 Å². The Labute approximate surface area is 236 Å². The Kier molecular flexibility index (Phi) is 10.1. The van der Waals surface area contributed by atoms with Gasteiger partial charge in [-0.25, -0.2) is 0 Å². The maximum atomic E-state index is 6.81. The molecular formula is C34H38N2O4. The molecule has 40 heavy (non-hydrogen) atoms.